The van der Waals surface area contributed by atoms with Crippen molar-refractivity contribution in [3.05, 3.63) is 65.7 Å². The first-order valence-electron chi connectivity index (χ1n) is 7.54. The van der Waals surface area contributed by atoms with Crippen molar-refractivity contribution in [2.24, 2.45) is 5.73 Å². The van der Waals surface area contributed by atoms with E-state index >= 15 is 0 Å². The maximum Gasteiger partial charge on any atom is 0.339 e. The Kier molecular flexibility index (Phi) is 6.80. The molecule has 7 nitrogen and oxygen atoms in total. The zero-order valence-corrected chi connectivity index (χ0v) is 13.7. The van der Waals surface area contributed by atoms with Crippen molar-refractivity contribution >= 4 is 11.7 Å². The molecule has 2 amide bonds. The van der Waals surface area contributed by atoms with E-state index in [1.54, 1.807) is 31.2 Å². The third-order valence-corrected chi connectivity index (χ3v) is 3.17. The van der Waals surface area contributed by atoms with E-state index in [0.717, 1.165) is 5.56 Å². The van der Waals surface area contributed by atoms with E-state index in [0.29, 0.717) is 22.9 Å². The standard InChI is InChI=1S/C18H19N3O4/c1-14(21(23)18(19)22)10-11-15-8-5-9-17(12-15)20-25-24-13-16-6-3-2-4-7-16/h2-9,12,14,20,23H,13H2,1H3,(H2,19,22). The van der Waals surface area contributed by atoms with E-state index in [2.05, 4.69) is 17.3 Å². The van der Waals surface area contributed by atoms with Crippen molar-refractivity contribution in [3.8, 4) is 11.8 Å². The van der Waals surface area contributed by atoms with Gasteiger partial charge in [-0.3, -0.25) is 5.21 Å². The van der Waals surface area contributed by atoms with Crippen LogP contribution in [0.2, 0.25) is 0 Å². The fourth-order valence-corrected chi connectivity index (χ4v) is 1.85. The number of hydrogen-bond acceptors (Lipinski definition) is 5. The van der Waals surface area contributed by atoms with Gasteiger partial charge in [-0.1, -0.05) is 48.2 Å². The molecule has 0 aliphatic heterocycles. The van der Waals surface area contributed by atoms with Gasteiger partial charge in [0.15, 0.2) is 0 Å². The van der Waals surface area contributed by atoms with Crippen LogP contribution in [-0.2, 0) is 16.5 Å². The molecule has 4 N–H and O–H groups in total. The molecule has 7 heteroatoms. The molecule has 2 aromatic carbocycles. The second-order valence-electron chi connectivity index (χ2n) is 5.14. The van der Waals surface area contributed by atoms with Gasteiger partial charge < -0.3 is 5.73 Å². The quantitative estimate of drug-likeness (QED) is 0.247. The number of carbonyl (C=O) groups excluding carboxylic acids is 1. The highest BCUT2D eigenvalue weighted by Crippen LogP contribution is 2.10. The van der Waals surface area contributed by atoms with Crippen LogP contribution < -0.4 is 11.2 Å². The van der Waals surface area contributed by atoms with Gasteiger partial charge in [-0.05, 0) is 30.7 Å². The van der Waals surface area contributed by atoms with Crippen LogP contribution in [0.3, 0.4) is 0 Å². The van der Waals surface area contributed by atoms with Crippen LogP contribution >= 0.6 is 0 Å². The van der Waals surface area contributed by atoms with E-state index in [1.807, 2.05) is 30.3 Å². The largest absolute Gasteiger partial charge is 0.350 e. The minimum Gasteiger partial charge on any atom is -0.350 e. The number of hydroxylamine groups is 2. The minimum absolute atomic E-state index is 0.310. The Hall–Kier alpha value is -3.05. The molecule has 1 unspecified atom stereocenters. The number of primary amides is 1. The number of urea groups is 1. The zero-order chi connectivity index (χ0) is 18.1. The molecule has 0 spiro atoms. The molecule has 0 saturated carbocycles. The topological polar surface area (TPSA) is 97.0 Å². The first kappa shape index (κ1) is 18.3. The number of nitrogens with zero attached hydrogens (tertiary/aromatic N) is 1. The van der Waals surface area contributed by atoms with Crippen LogP contribution in [0, 0.1) is 11.8 Å². The first-order valence-corrected chi connectivity index (χ1v) is 7.54. The van der Waals surface area contributed by atoms with Crippen LogP contribution in [0.5, 0.6) is 0 Å². The SMILES string of the molecule is CC(C#Cc1cccc(NOOCc2ccccc2)c1)N(O)C(N)=O. The summed E-state index contributed by atoms with van der Waals surface area (Å²) in [6.07, 6.45) is 0. The van der Waals surface area contributed by atoms with E-state index in [4.69, 9.17) is 15.6 Å². The summed E-state index contributed by atoms with van der Waals surface area (Å²) in [5.41, 5.74) is 9.93. The predicted octanol–water partition coefficient (Wildman–Crippen LogP) is 2.67. The Bertz CT molecular complexity index is 756. The van der Waals surface area contributed by atoms with Gasteiger partial charge in [-0.2, -0.15) is 5.06 Å². The summed E-state index contributed by atoms with van der Waals surface area (Å²) in [4.78, 5) is 20.9. The van der Waals surface area contributed by atoms with Crippen LogP contribution in [0.1, 0.15) is 18.1 Å². The number of carbonyl (C=O) groups is 1. The highest BCUT2D eigenvalue weighted by molar-refractivity contribution is 5.71. The number of anilines is 1. The summed E-state index contributed by atoms with van der Waals surface area (Å²) in [6, 6.07) is 15.0. The average molecular weight is 341 g/mol. The number of nitrogens with one attached hydrogen (secondary N) is 1. The minimum atomic E-state index is -0.957. The molecule has 0 bridgehead atoms. The van der Waals surface area contributed by atoms with Gasteiger partial charge >= 0.3 is 6.03 Å². The molecule has 0 aliphatic rings. The predicted molar refractivity (Wildman–Crippen MR) is 91.9 cm³/mol. The number of benzene rings is 2. The zero-order valence-electron chi connectivity index (χ0n) is 13.7. The van der Waals surface area contributed by atoms with Gasteiger partial charge in [0.05, 0.1) is 5.69 Å². The van der Waals surface area contributed by atoms with Gasteiger partial charge in [-0.15, -0.1) is 4.99 Å². The Morgan fingerprint density at radius 3 is 2.76 bits per heavy atom. The van der Waals surface area contributed by atoms with Crippen molar-refractivity contribution in [2.45, 2.75) is 19.6 Å². The van der Waals surface area contributed by atoms with Gasteiger partial charge in [0.2, 0.25) is 0 Å². The molecule has 1 atom stereocenters. The van der Waals surface area contributed by atoms with Crippen molar-refractivity contribution in [2.75, 3.05) is 5.48 Å². The molecule has 2 rings (SSSR count). The van der Waals surface area contributed by atoms with Crippen LogP contribution in [0.25, 0.3) is 0 Å². The summed E-state index contributed by atoms with van der Waals surface area (Å²) in [5.74, 6) is 5.56. The lowest BCUT2D eigenvalue weighted by atomic mass is 10.2. The summed E-state index contributed by atoms with van der Waals surface area (Å²) < 4.78 is 0. The second kappa shape index (κ2) is 9.30. The fraction of sp³-hybridized carbons (Fsp3) is 0.167. The van der Waals surface area contributed by atoms with Crippen molar-refractivity contribution in [3.63, 3.8) is 0 Å². The van der Waals surface area contributed by atoms with E-state index in [9.17, 15) is 10.0 Å². The summed E-state index contributed by atoms with van der Waals surface area (Å²) in [5, 5.41) is 9.74. The molecule has 0 aromatic heterocycles. The van der Waals surface area contributed by atoms with E-state index in [-0.39, 0.29) is 0 Å². The summed E-state index contributed by atoms with van der Waals surface area (Å²) >= 11 is 0. The lowest BCUT2D eigenvalue weighted by Crippen LogP contribution is -2.38. The molecule has 0 saturated heterocycles. The van der Waals surface area contributed by atoms with Gasteiger partial charge in [0.1, 0.15) is 12.6 Å². The molecule has 0 fully saturated rings. The fourth-order valence-electron chi connectivity index (χ4n) is 1.85. The highest BCUT2D eigenvalue weighted by Gasteiger charge is 2.11. The number of hydrogen-bond donors (Lipinski definition) is 3. The van der Waals surface area contributed by atoms with Crippen LogP contribution in [0.15, 0.2) is 54.6 Å². The van der Waals surface area contributed by atoms with Crippen molar-refractivity contribution in [1.29, 1.82) is 0 Å². The maximum atomic E-state index is 10.8. The first-order chi connectivity index (χ1) is 12.1. The van der Waals surface area contributed by atoms with Gasteiger partial charge in [0.25, 0.3) is 0 Å². The molecule has 0 aliphatic carbocycles. The molecular weight excluding hydrogens is 322 g/mol. The number of nitrogens with two attached hydrogens (primary N) is 1. The number of amides is 2. The van der Waals surface area contributed by atoms with Gasteiger partial charge in [-0.25, -0.2) is 15.2 Å². The molecular formula is C18H19N3O4. The molecule has 0 heterocycles. The summed E-state index contributed by atoms with van der Waals surface area (Å²) in [6.45, 7) is 1.87. The smallest absolute Gasteiger partial charge is 0.339 e. The van der Waals surface area contributed by atoms with Crippen LogP contribution in [-0.4, -0.2) is 22.3 Å². The molecule has 25 heavy (non-hydrogen) atoms. The Morgan fingerprint density at radius 1 is 1.28 bits per heavy atom. The normalized spacial score (nSPS) is 11.1. The molecule has 0 radical (unpaired) electrons. The van der Waals surface area contributed by atoms with Crippen LogP contribution in [0.4, 0.5) is 10.5 Å². The third kappa shape index (κ3) is 6.16. The maximum absolute atomic E-state index is 10.8. The van der Waals surface area contributed by atoms with Crippen molar-refractivity contribution in [1.82, 2.24) is 5.06 Å². The molecule has 130 valence electrons. The Morgan fingerprint density at radius 2 is 2.04 bits per heavy atom. The van der Waals surface area contributed by atoms with Gasteiger partial charge in [0, 0.05) is 5.56 Å². The second-order valence-corrected chi connectivity index (χ2v) is 5.14. The lowest BCUT2D eigenvalue weighted by molar-refractivity contribution is -0.282. The Balaban J connectivity index is 1.85. The Labute approximate surface area is 145 Å². The van der Waals surface area contributed by atoms with E-state index in [1.165, 1.54) is 0 Å². The number of rotatable bonds is 6. The monoisotopic (exact) mass is 341 g/mol. The summed E-state index contributed by atoms with van der Waals surface area (Å²) in [7, 11) is 0. The third-order valence-electron chi connectivity index (χ3n) is 3.17. The van der Waals surface area contributed by atoms with Crippen molar-refractivity contribution < 1.29 is 19.9 Å². The van der Waals surface area contributed by atoms with E-state index < -0.39 is 12.1 Å². The average Bonchev–Trinajstić information content (AvgIpc) is 2.64. The lowest BCUT2D eigenvalue weighted by Gasteiger charge is -2.14. The molecule has 2 aromatic rings. The highest BCUT2D eigenvalue weighted by atomic mass is 17.3.